The molecule has 0 fully saturated rings. The van der Waals surface area contributed by atoms with E-state index < -0.39 is 0 Å². The van der Waals surface area contributed by atoms with Crippen molar-refractivity contribution < 1.29 is 4.79 Å². The number of carbonyl (C=O) groups is 1. The summed E-state index contributed by atoms with van der Waals surface area (Å²) in [6.45, 7) is 5.67. The van der Waals surface area contributed by atoms with Gasteiger partial charge in [0.2, 0.25) is 0 Å². The lowest BCUT2D eigenvalue weighted by molar-refractivity contribution is 0.102. The molecule has 1 amide bonds. The van der Waals surface area contributed by atoms with E-state index >= 15 is 0 Å². The molecule has 1 aromatic carbocycles. The summed E-state index contributed by atoms with van der Waals surface area (Å²) in [5.41, 5.74) is 3.67. The molecule has 3 aromatic heterocycles. The molecule has 0 aliphatic carbocycles. The minimum atomic E-state index is -0.342. The van der Waals surface area contributed by atoms with Crippen molar-refractivity contribution in [2.24, 2.45) is 4.99 Å². The molecule has 0 aliphatic rings. The number of anilines is 1. The standard InChI is InChI=1S/C23H22N8O/c1-4-10-30-22(26-5-2)19(14-27-30)23(32)28-21-11-20(17-12-24-15-25-13-17)29-31(21)18-8-6-16(3)7-9-18/h4-15H,1-3H3,(H,28,32)/b10-4-,26-5-. The number of benzene rings is 1. The zero-order chi connectivity index (χ0) is 22.5. The Morgan fingerprint density at radius 3 is 2.53 bits per heavy atom. The van der Waals surface area contributed by atoms with Crippen LogP contribution in [-0.2, 0) is 0 Å². The van der Waals surface area contributed by atoms with Crippen molar-refractivity contribution in [3.63, 3.8) is 0 Å². The summed E-state index contributed by atoms with van der Waals surface area (Å²) in [5.74, 6) is 0.606. The van der Waals surface area contributed by atoms with Crippen LogP contribution in [0.15, 0.2) is 66.3 Å². The highest BCUT2D eigenvalue weighted by molar-refractivity contribution is 6.07. The summed E-state index contributed by atoms with van der Waals surface area (Å²) in [6, 6.07) is 9.65. The Labute approximate surface area is 185 Å². The van der Waals surface area contributed by atoms with Crippen molar-refractivity contribution in [3.05, 3.63) is 72.5 Å². The van der Waals surface area contributed by atoms with Crippen LogP contribution in [0.25, 0.3) is 23.1 Å². The van der Waals surface area contributed by atoms with Gasteiger partial charge in [0.05, 0.1) is 17.6 Å². The first-order valence-corrected chi connectivity index (χ1v) is 10.0. The van der Waals surface area contributed by atoms with Gasteiger partial charge < -0.3 is 5.32 Å². The SMILES string of the molecule is C/C=C\n1ncc(C(=O)Nc2cc(-c3cncnc3)nn2-c2ccc(C)cc2)c1/N=C\C. The van der Waals surface area contributed by atoms with E-state index in [1.54, 1.807) is 47.2 Å². The van der Waals surface area contributed by atoms with Crippen LogP contribution in [-0.4, -0.2) is 41.7 Å². The van der Waals surface area contributed by atoms with Crippen molar-refractivity contribution in [1.29, 1.82) is 0 Å². The molecule has 0 bridgehead atoms. The van der Waals surface area contributed by atoms with Crippen molar-refractivity contribution in [3.8, 4) is 16.9 Å². The summed E-state index contributed by atoms with van der Waals surface area (Å²) in [6.07, 6.45) is 11.5. The third-order valence-corrected chi connectivity index (χ3v) is 4.64. The summed E-state index contributed by atoms with van der Waals surface area (Å²) >= 11 is 0. The van der Waals surface area contributed by atoms with Crippen molar-refractivity contribution in [2.75, 3.05) is 5.32 Å². The number of nitrogens with zero attached hydrogens (tertiary/aromatic N) is 7. The largest absolute Gasteiger partial charge is 0.306 e. The van der Waals surface area contributed by atoms with Gasteiger partial charge in [-0.2, -0.15) is 10.2 Å². The minimum Gasteiger partial charge on any atom is -0.306 e. The van der Waals surface area contributed by atoms with Gasteiger partial charge in [0, 0.05) is 36.4 Å². The first-order valence-electron chi connectivity index (χ1n) is 10.0. The molecule has 0 atom stereocenters. The number of nitrogens with one attached hydrogen (secondary N) is 1. The second-order valence-corrected chi connectivity index (χ2v) is 6.94. The molecule has 9 heteroatoms. The number of carbonyl (C=O) groups excluding carboxylic acids is 1. The third-order valence-electron chi connectivity index (χ3n) is 4.64. The van der Waals surface area contributed by atoms with Gasteiger partial charge in [0.25, 0.3) is 5.91 Å². The van der Waals surface area contributed by atoms with Crippen LogP contribution < -0.4 is 5.32 Å². The van der Waals surface area contributed by atoms with Gasteiger partial charge in [-0.25, -0.2) is 24.3 Å². The van der Waals surface area contributed by atoms with Gasteiger partial charge in [-0.15, -0.1) is 0 Å². The topological polar surface area (TPSA) is 103 Å². The second-order valence-electron chi connectivity index (χ2n) is 6.94. The van der Waals surface area contributed by atoms with E-state index in [1.165, 1.54) is 12.5 Å². The van der Waals surface area contributed by atoms with Crippen molar-refractivity contribution >= 4 is 30.0 Å². The van der Waals surface area contributed by atoms with Gasteiger partial charge in [-0.1, -0.05) is 23.8 Å². The van der Waals surface area contributed by atoms with E-state index in [0.29, 0.717) is 22.9 Å². The minimum absolute atomic E-state index is 0.342. The van der Waals surface area contributed by atoms with Gasteiger partial charge >= 0.3 is 0 Å². The van der Waals surface area contributed by atoms with E-state index in [9.17, 15) is 4.79 Å². The molecular formula is C23H22N8O. The van der Waals surface area contributed by atoms with Crippen LogP contribution in [0.1, 0.15) is 29.8 Å². The van der Waals surface area contributed by atoms with E-state index in [-0.39, 0.29) is 5.91 Å². The smallest absolute Gasteiger partial charge is 0.262 e. The molecule has 0 saturated heterocycles. The summed E-state index contributed by atoms with van der Waals surface area (Å²) in [4.78, 5) is 25.6. The number of aromatic nitrogens is 6. The summed E-state index contributed by atoms with van der Waals surface area (Å²) in [5, 5.41) is 11.9. The fourth-order valence-electron chi connectivity index (χ4n) is 3.13. The number of aliphatic imine (C=N–C) groups is 1. The quantitative estimate of drug-likeness (QED) is 0.463. The van der Waals surface area contributed by atoms with E-state index in [4.69, 9.17) is 0 Å². The molecular weight excluding hydrogens is 404 g/mol. The lowest BCUT2D eigenvalue weighted by Gasteiger charge is -2.09. The number of amides is 1. The maximum atomic E-state index is 13.2. The number of aryl methyl sites for hydroxylation is 1. The van der Waals surface area contributed by atoms with Crippen molar-refractivity contribution in [2.45, 2.75) is 20.8 Å². The Morgan fingerprint density at radius 1 is 1.09 bits per heavy atom. The van der Waals surface area contributed by atoms with Gasteiger partial charge in [0.1, 0.15) is 17.7 Å². The molecule has 4 rings (SSSR count). The van der Waals surface area contributed by atoms with Crippen LogP contribution in [0.2, 0.25) is 0 Å². The van der Waals surface area contributed by atoms with Gasteiger partial charge in [-0.05, 0) is 32.9 Å². The van der Waals surface area contributed by atoms with Crippen LogP contribution in [0.3, 0.4) is 0 Å². The molecule has 1 N–H and O–H groups in total. The maximum Gasteiger partial charge on any atom is 0.262 e. The lowest BCUT2D eigenvalue weighted by atomic mass is 10.2. The highest BCUT2D eigenvalue weighted by Gasteiger charge is 2.20. The maximum absolute atomic E-state index is 13.2. The zero-order valence-corrected chi connectivity index (χ0v) is 18.0. The van der Waals surface area contributed by atoms with Gasteiger partial charge in [-0.3, -0.25) is 4.79 Å². The van der Waals surface area contributed by atoms with Crippen LogP contribution >= 0.6 is 0 Å². The molecule has 4 aromatic rings. The molecule has 160 valence electrons. The molecule has 0 unspecified atom stereocenters. The lowest BCUT2D eigenvalue weighted by Crippen LogP contribution is -2.15. The second kappa shape index (κ2) is 9.17. The Bertz CT molecular complexity index is 1280. The molecule has 9 nitrogen and oxygen atoms in total. The summed E-state index contributed by atoms with van der Waals surface area (Å²) in [7, 11) is 0. The highest BCUT2D eigenvalue weighted by atomic mass is 16.1. The number of allylic oxidation sites excluding steroid dienone is 1. The monoisotopic (exact) mass is 426 g/mol. The fraction of sp³-hybridized carbons (Fsp3) is 0.130. The number of rotatable bonds is 6. The van der Waals surface area contributed by atoms with Gasteiger partial charge in [0.15, 0.2) is 5.82 Å². The molecule has 0 radical (unpaired) electrons. The number of hydrogen-bond donors (Lipinski definition) is 1. The molecule has 0 aliphatic heterocycles. The highest BCUT2D eigenvalue weighted by Crippen LogP contribution is 2.26. The zero-order valence-electron chi connectivity index (χ0n) is 18.0. The van der Waals surface area contributed by atoms with E-state index in [2.05, 4.69) is 30.5 Å². The first kappa shape index (κ1) is 20.9. The van der Waals surface area contributed by atoms with Crippen LogP contribution in [0.5, 0.6) is 0 Å². The Morgan fingerprint density at radius 2 is 1.84 bits per heavy atom. The Hall–Kier alpha value is -4.40. The Kier molecular flexibility index (Phi) is 5.98. The average molecular weight is 426 g/mol. The number of hydrogen-bond acceptors (Lipinski definition) is 6. The average Bonchev–Trinajstić information content (AvgIpc) is 3.40. The molecule has 3 heterocycles. The van der Waals surface area contributed by atoms with Crippen LogP contribution in [0, 0.1) is 6.92 Å². The summed E-state index contributed by atoms with van der Waals surface area (Å²) < 4.78 is 3.23. The predicted molar refractivity (Wildman–Crippen MR) is 124 cm³/mol. The fourth-order valence-corrected chi connectivity index (χ4v) is 3.13. The normalized spacial score (nSPS) is 11.5. The Balaban J connectivity index is 1.75. The van der Waals surface area contributed by atoms with E-state index in [1.807, 2.05) is 44.2 Å². The first-order chi connectivity index (χ1) is 15.6. The van der Waals surface area contributed by atoms with E-state index in [0.717, 1.165) is 16.8 Å². The van der Waals surface area contributed by atoms with Crippen molar-refractivity contribution in [1.82, 2.24) is 29.5 Å². The predicted octanol–water partition coefficient (Wildman–Crippen LogP) is 4.30. The molecule has 0 spiro atoms. The van der Waals surface area contributed by atoms with Crippen LogP contribution in [0.4, 0.5) is 11.6 Å². The third kappa shape index (κ3) is 4.22. The molecule has 32 heavy (non-hydrogen) atoms. The molecule has 0 saturated carbocycles.